The van der Waals surface area contributed by atoms with Crippen LogP contribution in [0, 0.1) is 0 Å². The van der Waals surface area contributed by atoms with Gasteiger partial charge in [0.05, 0.1) is 6.61 Å². The molecule has 1 aliphatic rings. The van der Waals surface area contributed by atoms with Crippen LogP contribution in [0.3, 0.4) is 0 Å². The second kappa shape index (κ2) is 8.28. The van der Waals surface area contributed by atoms with Crippen LogP contribution in [-0.4, -0.2) is 35.2 Å². The largest absolute Gasteiger partial charge is 0.395 e. The smallest absolute Gasteiger partial charge is 0.0558 e. The van der Waals surface area contributed by atoms with Gasteiger partial charge in [-0.2, -0.15) is 0 Å². The number of rotatable bonds is 6. The SMILES string of the molecule is CC(N)C(c1ccc(Br)cc1)N(CCO)C1CCCCC1. The van der Waals surface area contributed by atoms with Crippen molar-refractivity contribution in [2.45, 2.75) is 57.2 Å². The monoisotopic (exact) mass is 354 g/mol. The molecule has 2 atom stereocenters. The van der Waals surface area contributed by atoms with E-state index < -0.39 is 0 Å². The third-order valence-electron chi connectivity index (χ3n) is 4.47. The van der Waals surface area contributed by atoms with E-state index in [0.717, 1.165) is 4.47 Å². The first-order valence-corrected chi connectivity index (χ1v) is 8.80. The average molecular weight is 355 g/mol. The summed E-state index contributed by atoms with van der Waals surface area (Å²) in [4.78, 5) is 2.44. The maximum absolute atomic E-state index is 9.50. The Morgan fingerprint density at radius 2 is 1.86 bits per heavy atom. The molecule has 2 rings (SSSR count). The fraction of sp³-hybridized carbons (Fsp3) is 0.647. The van der Waals surface area contributed by atoms with Crippen LogP contribution in [0.5, 0.6) is 0 Å². The van der Waals surface area contributed by atoms with E-state index >= 15 is 0 Å². The summed E-state index contributed by atoms with van der Waals surface area (Å²) in [5, 5.41) is 9.50. The van der Waals surface area contributed by atoms with Crippen LogP contribution in [0.15, 0.2) is 28.7 Å². The third kappa shape index (κ3) is 4.52. The lowest BCUT2D eigenvalue weighted by atomic mass is 9.90. The van der Waals surface area contributed by atoms with Gasteiger partial charge in [-0.3, -0.25) is 4.90 Å². The highest BCUT2D eigenvalue weighted by atomic mass is 79.9. The second-order valence-electron chi connectivity index (χ2n) is 6.11. The molecule has 1 aromatic carbocycles. The predicted molar refractivity (Wildman–Crippen MR) is 91.2 cm³/mol. The molecule has 4 heteroatoms. The first-order valence-electron chi connectivity index (χ1n) is 8.01. The average Bonchev–Trinajstić information content (AvgIpc) is 2.49. The van der Waals surface area contributed by atoms with E-state index in [1.165, 1.54) is 37.7 Å². The van der Waals surface area contributed by atoms with Crippen LogP contribution in [0.4, 0.5) is 0 Å². The lowest BCUT2D eigenvalue weighted by Gasteiger charge is -2.41. The van der Waals surface area contributed by atoms with E-state index in [4.69, 9.17) is 5.73 Å². The Kier molecular flexibility index (Phi) is 6.68. The topological polar surface area (TPSA) is 49.5 Å². The standard InChI is InChI=1S/C17H27BrN2O/c1-13(19)17(14-7-9-15(18)10-8-14)20(11-12-21)16-5-3-2-4-6-16/h7-10,13,16-17,21H,2-6,11-12,19H2,1H3. The van der Waals surface area contributed by atoms with Gasteiger partial charge in [-0.15, -0.1) is 0 Å². The second-order valence-corrected chi connectivity index (χ2v) is 7.02. The molecule has 0 radical (unpaired) electrons. The first-order chi connectivity index (χ1) is 10.1. The summed E-state index contributed by atoms with van der Waals surface area (Å²) in [5.41, 5.74) is 7.55. The third-order valence-corrected chi connectivity index (χ3v) is 5.00. The maximum atomic E-state index is 9.50. The zero-order valence-corrected chi connectivity index (χ0v) is 14.4. The van der Waals surface area contributed by atoms with Crippen molar-refractivity contribution in [2.75, 3.05) is 13.2 Å². The van der Waals surface area contributed by atoms with Gasteiger partial charge in [0.2, 0.25) is 0 Å². The predicted octanol–water partition coefficient (Wildman–Crippen LogP) is 3.46. The Bertz CT molecular complexity index is 415. The van der Waals surface area contributed by atoms with Crippen molar-refractivity contribution in [3.05, 3.63) is 34.3 Å². The van der Waals surface area contributed by atoms with Crippen molar-refractivity contribution >= 4 is 15.9 Å². The number of hydrogen-bond donors (Lipinski definition) is 2. The molecule has 0 bridgehead atoms. The molecule has 1 aliphatic carbocycles. The van der Waals surface area contributed by atoms with Crippen LogP contribution in [0.2, 0.25) is 0 Å². The summed E-state index contributed by atoms with van der Waals surface area (Å²) >= 11 is 3.49. The summed E-state index contributed by atoms with van der Waals surface area (Å²) in [6.45, 7) is 2.96. The molecule has 118 valence electrons. The van der Waals surface area contributed by atoms with E-state index in [1.807, 2.05) is 0 Å². The normalized spacial score (nSPS) is 19.7. The number of aliphatic hydroxyl groups excluding tert-OH is 1. The van der Waals surface area contributed by atoms with Gasteiger partial charge in [-0.25, -0.2) is 0 Å². The van der Waals surface area contributed by atoms with Crippen LogP contribution in [0.25, 0.3) is 0 Å². The minimum Gasteiger partial charge on any atom is -0.395 e. The molecule has 0 spiro atoms. The fourth-order valence-electron chi connectivity index (χ4n) is 3.53. The van der Waals surface area contributed by atoms with Crippen molar-refractivity contribution in [1.82, 2.24) is 4.90 Å². The Morgan fingerprint density at radius 1 is 1.24 bits per heavy atom. The van der Waals surface area contributed by atoms with Crippen molar-refractivity contribution in [1.29, 1.82) is 0 Å². The summed E-state index contributed by atoms with van der Waals surface area (Å²) in [7, 11) is 0. The number of halogens is 1. The molecule has 0 amide bonds. The molecule has 0 aromatic heterocycles. The zero-order valence-electron chi connectivity index (χ0n) is 12.8. The molecule has 0 heterocycles. The molecule has 1 aromatic rings. The zero-order chi connectivity index (χ0) is 15.2. The summed E-state index contributed by atoms with van der Waals surface area (Å²) in [6.07, 6.45) is 6.36. The lowest BCUT2D eigenvalue weighted by molar-refractivity contribution is 0.0699. The number of aliphatic hydroxyl groups is 1. The Balaban J connectivity index is 2.24. The van der Waals surface area contributed by atoms with Crippen LogP contribution in [0.1, 0.15) is 50.6 Å². The molecule has 0 aliphatic heterocycles. The maximum Gasteiger partial charge on any atom is 0.0558 e. The molecule has 0 saturated heterocycles. The van der Waals surface area contributed by atoms with Crippen molar-refractivity contribution in [3.63, 3.8) is 0 Å². The van der Waals surface area contributed by atoms with Gasteiger partial charge in [-0.05, 0) is 37.5 Å². The Labute approximate surface area is 136 Å². The van der Waals surface area contributed by atoms with Gasteiger partial charge in [0, 0.05) is 29.1 Å². The number of nitrogens with two attached hydrogens (primary N) is 1. The highest BCUT2D eigenvalue weighted by molar-refractivity contribution is 9.10. The van der Waals surface area contributed by atoms with Crippen molar-refractivity contribution in [2.24, 2.45) is 5.73 Å². The van der Waals surface area contributed by atoms with E-state index in [0.29, 0.717) is 12.6 Å². The minimum absolute atomic E-state index is 0.0413. The van der Waals surface area contributed by atoms with Crippen LogP contribution >= 0.6 is 15.9 Å². The Hall–Kier alpha value is -0.420. The van der Waals surface area contributed by atoms with Gasteiger partial charge in [0.15, 0.2) is 0 Å². The van der Waals surface area contributed by atoms with Crippen LogP contribution in [-0.2, 0) is 0 Å². The molecule has 1 fully saturated rings. The molecule has 21 heavy (non-hydrogen) atoms. The minimum atomic E-state index is 0.0413. The molecular formula is C17H27BrN2O. The highest BCUT2D eigenvalue weighted by Crippen LogP contribution is 2.32. The first kappa shape index (κ1) is 16.9. The number of nitrogens with zero attached hydrogens (tertiary/aromatic N) is 1. The molecule has 3 nitrogen and oxygen atoms in total. The van der Waals surface area contributed by atoms with Crippen molar-refractivity contribution in [3.8, 4) is 0 Å². The van der Waals surface area contributed by atoms with E-state index in [9.17, 15) is 5.11 Å². The fourth-order valence-corrected chi connectivity index (χ4v) is 3.80. The van der Waals surface area contributed by atoms with Crippen molar-refractivity contribution < 1.29 is 5.11 Å². The van der Waals surface area contributed by atoms with Crippen LogP contribution < -0.4 is 5.73 Å². The highest BCUT2D eigenvalue weighted by Gasteiger charge is 2.30. The number of hydrogen-bond acceptors (Lipinski definition) is 3. The van der Waals surface area contributed by atoms with Gasteiger partial charge < -0.3 is 10.8 Å². The summed E-state index contributed by atoms with van der Waals surface area (Å²) in [5.74, 6) is 0. The number of benzene rings is 1. The molecule has 3 N–H and O–H groups in total. The van der Waals surface area contributed by atoms with E-state index in [1.54, 1.807) is 0 Å². The van der Waals surface area contributed by atoms with Gasteiger partial charge in [-0.1, -0.05) is 47.3 Å². The van der Waals surface area contributed by atoms with E-state index in [-0.39, 0.29) is 18.7 Å². The molecule has 2 unspecified atom stereocenters. The van der Waals surface area contributed by atoms with Gasteiger partial charge >= 0.3 is 0 Å². The Morgan fingerprint density at radius 3 is 2.38 bits per heavy atom. The molecular weight excluding hydrogens is 328 g/mol. The van der Waals surface area contributed by atoms with Gasteiger partial charge in [0.25, 0.3) is 0 Å². The summed E-state index contributed by atoms with van der Waals surface area (Å²) in [6, 6.07) is 9.20. The lowest BCUT2D eigenvalue weighted by Crippen LogP contribution is -2.47. The summed E-state index contributed by atoms with van der Waals surface area (Å²) < 4.78 is 1.08. The molecule has 1 saturated carbocycles. The van der Waals surface area contributed by atoms with Gasteiger partial charge in [0.1, 0.15) is 0 Å². The quantitative estimate of drug-likeness (QED) is 0.822. The van der Waals surface area contributed by atoms with E-state index in [2.05, 4.69) is 52.0 Å².